The maximum Gasteiger partial charge on any atom is 0.305 e. The minimum absolute atomic E-state index is 0.0134. The highest BCUT2D eigenvalue weighted by Crippen LogP contribution is 2.68. The number of H-pyrrole nitrogens is 1. The first-order chi connectivity index (χ1) is 21.3. The number of aromatic amines is 1. The number of nitro benzene ring substituents is 1. The van der Waals surface area contributed by atoms with E-state index < -0.39 is 16.8 Å². The highest BCUT2D eigenvalue weighted by Gasteiger charge is 2.69. The van der Waals surface area contributed by atoms with Crippen LogP contribution in [-0.2, 0) is 16.2 Å². The van der Waals surface area contributed by atoms with Crippen LogP contribution in [0, 0.1) is 39.7 Å². The van der Waals surface area contributed by atoms with Crippen LogP contribution in [0.1, 0.15) is 28.3 Å². The molecule has 3 fully saturated rings. The lowest BCUT2D eigenvalue weighted by Gasteiger charge is -2.43. The van der Waals surface area contributed by atoms with Crippen LogP contribution in [0.5, 0.6) is 5.75 Å². The Kier molecular flexibility index (Phi) is 6.48. The Morgan fingerprint density at radius 1 is 0.932 bits per heavy atom. The summed E-state index contributed by atoms with van der Waals surface area (Å²) in [7, 11) is 0. The fourth-order valence-corrected chi connectivity index (χ4v) is 10.9. The second kappa shape index (κ2) is 10.3. The van der Waals surface area contributed by atoms with Gasteiger partial charge in [-0.05, 0) is 71.7 Å². The van der Waals surface area contributed by atoms with Gasteiger partial charge in [-0.2, -0.15) is 0 Å². The van der Waals surface area contributed by atoms with Crippen LogP contribution in [0.25, 0.3) is 0 Å². The molecule has 4 aliphatic rings. The van der Waals surface area contributed by atoms with Crippen LogP contribution in [0.4, 0.5) is 11.4 Å². The van der Waals surface area contributed by atoms with E-state index >= 15 is 0 Å². The second-order valence-electron chi connectivity index (χ2n) is 11.7. The number of non-ortho nitro benzene ring substituents is 1. The first-order valence-electron chi connectivity index (χ1n) is 14.3. The van der Waals surface area contributed by atoms with Crippen molar-refractivity contribution >= 4 is 57.9 Å². The molecule has 1 aromatic heterocycles. The molecule has 222 valence electrons. The van der Waals surface area contributed by atoms with Gasteiger partial charge >= 0.3 is 4.87 Å². The van der Waals surface area contributed by atoms with Gasteiger partial charge in [0, 0.05) is 33.2 Å². The Morgan fingerprint density at radius 3 is 2.30 bits per heavy atom. The Bertz CT molecular complexity index is 1870. The fourth-order valence-electron chi connectivity index (χ4n) is 7.89. The van der Waals surface area contributed by atoms with Crippen molar-refractivity contribution in [2.45, 2.75) is 29.2 Å². The zero-order chi connectivity index (χ0) is 30.3. The van der Waals surface area contributed by atoms with Gasteiger partial charge < -0.3 is 9.72 Å². The summed E-state index contributed by atoms with van der Waals surface area (Å²) in [5.74, 6) is -0.711. The van der Waals surface area contributed by atoms with Gasteiger partial charge in [0.05, 0.1) is 27.5 Å². The summed E-state index contributed by atoms with van der Waals surface area (Å²) < 4.78 is 6.02. The molecule has 9 nitrogen and oxygen atoms in total. The minimum Gasteiger partial charge on any atom is -0.489 e. The molecular formula is C32H24ClN3O6S2. The van der Waals surface area contributed by atoms with Gasteiger partial charge in [0.1, 0.15) is 12.4 Å². The highest BCUT2D eigenvalue weighted by molar-refractivity contribution is 8.00. The molecule has 4 aromatic rings. The third-order valence-electron chi connectivity index (χ3n) is 9.60. The maximum atomic E-state index is 13.9. The van der Waals surface area contributed by atoms with Crippen molar-refractivity contribution in [3.8, 4) is 5.75 Å². The molecule has 0 spiro atoms. The quantitative estimate of drug-likeness (QED) is 0.149. The number of hydrogen-bond donors (Lipinski definition) is 1. The summed E-state index contributed by atoms with van der Waals surface area (Å²) in [6.07, 6.45) is 0.779. The van der Waals surface area contributed by atoms with Gasteiger partial charge in [0.25, 0.3) is 5.69 Å². The molecule has 2 aliphatic heterocycles. The van der Waals surface area contributed by atoms with Crippen molar-refractivity contribution in [2.24, 2.45) is 29.6 Å². The van der Waals surface area contributed by atoms with Crippen molar-refractivity contribution in [2.75, 3.05) is 4.90 Å². The number of anilines is 1. The van der Waals surface area contributed by atoms with Gasteiger partial charge in [-0.15, -0.1) is 11.8 Å². The van der Waals surface area contributed by atoms with Crippen LogP contribution in [-0.4, -0.2) is 27.0 Å². The van der Waals surface area contributed by atoms with Crippen molar-refractivity contribution in [1.29, 1.82) is 0 Å². The summed E-state index contributed by atoms with van der Waals surface area (Å²) in [4.78, 5) is 56.0. The molecule has 3 heterocycles. The molecule has 2 aliphatic carbocycles. The molecule has 1 N–H and O–H groups in total. The zero-order valence-corrected chi connectivity index (χ0v) is 25.3. The molecule has 44 heavy (non-hydrogen) atoms. The summed E-state index contributed by atoms with van der Waals surface area (Å²) in [6.45, 7) is 0.402. The number of aromatic nitrogens is 1. The largest absolute Gasteiger partial charge is 0.489 e. The third kappa shape index (κ3) is 4.24. The molecule has 7 atom stereocenters. The van der Waals surface area contributed by atoms with Crippen LogP contribution < -0.4 is 14.5 Å². The molecule has 12 heteroatoms. The van der Waals surface area contributed by atoms with E-state index in [2.05, 4.69) is 4.98 Å². The van der Waals surface area contributed by atoms with Gasteiger partial charge in [-0.1, -0.05) is 47.2 Å². The monoisotopic (exact) mass is 645 g/mol. The molecule has 2 saturated carbocycles. The van der Waals surface area contributed by atoms with Crippen molar-refractivity contribution < 1.29 is 19.2 Å². The van der Waals surface area contributed by atoms with Gasteiger partial charge in [0.15, 0.2) is 0 Å². The molecule has 1 saturated heterocycles. The lowest BCUT2D eigenvalue weighted by atomic mass is 9.68. The predicted molar refractivity (Wildman–Crippen MR) is 166 cm³/mol. The van der Waals surface area contributed by atoms with Crippen LogP contribution in [0.15, 0.2) is 82.6 Å². The van der Waals surface area contributed by atoms with Gasteiger partial charge in [-0.25, -0.2) is 0 Å². The summed E-state index contributed by atoms with van der Waals surface area (Å²) in [5, 5.41) is 12.7. The number of thiazole rings is 1. The Morgan fingerprint density at radius 2 is 1.61 bits per heavy atom. The van der Waals surface area contributed by atoms with E-state index in [1.54, 1.807) is 11.8 Å². The predicted octanol–water partition coefficient (Wildman–Crippen LogP) is 6.25. The molecule has 2 amide bonds. The number of fused-ring (bicyclic) bond motifs is 9. The van der Waals surface area contributed by atoms with Crippen molar-refractivity contribution in [3.63, 3.8) is 0 Å². The molecule has 0 radical (unpaired) electrons. The van der Waals surface area contributed by atoms with Crippen LogP contribution >= 0.6 is 34.7 Å². The van der Waals surface area contributed by atoms with Crippen LogP contribution in [0.3, 0.4) is 0 Å². The molecule has 8 rings (SSSR count). The Hall–Kier alpha value is -3.93. The number of amides is 2. The number of rotatable bonds is 6. The number of thioether (sulfide) groups is 1. The standard InChI is InChI=1S/C32H24ClN3O6S2/c33-17-5-1-15(2-6-17)14-42-20-11-3-16(4-12-20)23-24-21-13-22(27(24)43-29-28(23)44-32(39)34-29)26-25(21)30(37)35(31(26)38)18-7-9-19(10-8-18)36(40)41/h1-12,21-27H,13-14H2,(H,34,39)/t21-,22-,23?,24?,25?,26?,27?/m1/s1. The number of hydrogen-bond acceptors (Lipinski definition) is 8. The van der Waals surface area contributed by atoms with E-state index in [0.29, 0.717) is 17.3 Å². The summed E-state index contributed by atoms with van der Waals surface area (Å²) >= 11 is 8.85. The molecule has 3 aromatic carbocycles. The number of ether oxygens (including phenoxy) is 1. The van der Waals surface area contributed by atoms with Crippen molar-refractivity contribution in [1.82, 2.24) is 4.98 Å². The average Bonchev–Trinajstić information content (AvgIpc) is 3.76. The van der Waals surface area contributed by atoms with Crippen molar-refractivity contribution in [3.05, 3.63) is 114 Å². The van der Waals surface area contributed by atoms with E-state index in [1.807, 2.05) is 48.5 Å². The fraction of sp³-hybridized carbons (Fsp3) is 0.281. The van der Waals surface area contributed by atoms with E-state index in [-0.39, 0.29) is 51.3 Å². The first-order valence-corrected chi connectivity index (χ1v) is 16.3. The number of nitro groups is 1. The lowest BCUT2D eigenvalue weighted by molar-refractivity contribution is -0.384. The van der Waals surface area contributed by atoms with Gasteiger partial charge in [-0.3, -0.25) is 29.4 Å². The third-order valence-corrected chi connectivity index (χ3v) is 12.4. The normalized spacial score (nSPS) is 28.1. The lowest BCUT2D eigenvalue weighted by Crippen LogP contribution is -2.42. The number of carbonyl (C=O) groups is 2. The summed E-state index contributed by atoms with van der Waals surface area (Å²) in [5.41, 5.74) is 2.32. The first kappa shape index (κ1) is 27.6. The van der Waals surface area contributed by atoms with Gasteiger partial charge in [0.2, 0.25) is 11.8 Å². The number of carbonyl (C=O) groups excluding carboxylic acids is 2. The minimum atomic E-state index is -0.504. The van der Waals surface area contributed by atoms with E-state index in [1.165, 1.54) is 40.5 Å². The Balaban J connectivity index is 1.10. The number of nitrogens with zero attached hydrogens (tertiary/aromatic N) is 2. The smallest absolute Gasteiger partial charge is 0.305 e. The van der Waals surface area contributed by atoms with E-state index in [0.717, 1.165) is 33.2 Å². The van der Waals surface area contributed by atoms with Crippen LogP contribution in [0.2, 0.25) is 5.02 Å². The number of nitrogens with one attached hydrogen (secondary N) is 1. The maximum absolute atomic E-state index is 13.9. The highest BCUT2D eigenvalue weighted by atomic mass is 35.5. The van der Waals surface area contributed by atoms with E-state index in [4.69, 9.17) is 16.3 Å². The number of benzene rings is 3. The molecule has 5 unspecified atom stereocenters. The zero-order valence-electron chi connectivity index (χ0n) is 22.9. The topological polar surface area (TPSA) is 123 Å². The second-order valence-corrected chi connectivity index (χ2v) is 14.4. The number of imide groups is 1. The molecule has 2 bridgehead atoms. The SMILES string of the molecule is O=C1C2C(C(=O)N1c1ccc([N+](=O)[O-])cc1)[C@@H]1C[C@H]2C2Sc3[nH]c(=O)sc3C(c3ccc(OCc4ccc(Cl)cc4)cc3)C21. The Labute approximate surface area is 264 Å². The summed E-state index contributed by atoms with van der Waals surface area (Å²) in [6, 6.07) is 21.0. The average molecular weight is 646 g/mol. The van der Waals surface area contributed by atoms with E-state index in [9.17, 15) is 24.5 Å². The number of halogens is 1. The molecular weight excluding hydrogens is 622 g/mol.